The second-order valence-electron chi connectivity index (χ2n) is 5.22. The molecule has 0 spiro atoms. The van der Waals surface area contributed by atoms with Gasteiger partial charge >= 0.3 is 5.97 Å². The SMILES string of the molecule is Cc1nnc(OCC(=O)NC2C(=O)N3C(C(=O)O)=CC(C)S[C@H]23)s1. The van der Waals surface area contributed by atoms with Crippen LogP contribution in [0.25, 0.3) is 0 Å². The Bertz CT molecular complexity index is 734. The number of hydrogen-bond acceptors (Lipinski definition) is 8. The van der Waals surface area contributed by atoms with E-state index in [2.05, 4.69) is 15.5 Å². The van der Waals surface area contributed by atoms with Crippen LogP contribution in [0.5, 0.6) is 5.19 Å². The first-order chi connectivity index (χ1) is 11.4. The maximum Gasteiger partial charge on any atom is 0.352 e. The average Bonchev–Trinajstić information content (AvgIpc) is 2.95. The van der Waals surface area contributed by atoms with Gasteiger partial charge in [-0.2, -0.15) is 0 Å². The molecule has 3 heterocycles. The Morgan fingerprint density at radius 1 is 1.46 bits per heavy atom. The van der Waals surface area contributed by atoms with Crippen molar-refractivity contribution in [1.29, 1.82) is 0 Å². The maximum atomic E-state index is 12.2. The van der Waals surface area contributed by atoms with E-state index in [9.17, 15) is 19.5 Å². The predicted octanol–water partition coefficient (Wildman–Crippen LogP) is -0.0178. The van der Waals surface area contributed by atoms with Gasteiger partial charge in [0.1, 0.15) is 22.1 Å². The highest BCUT2D eigenvalue weighted by molar-refractivity contribution is 8.00. The summed E-state index contributed by atoms with van der Waals surface area (Å²) in [6, 6.07) is -0.757. The third-order valence-electron chi connectivity index (χ3n) is 3.42. The van der Waals surface area contributed by atoms with Crippen LogP contribution in [0, 0.1) is 6.92 Å². The van der Waals surface area contributed by atoms with Crippen molar-refractivity contribution in [1.82, 2.24) is 20.4 Å². The van der Waals surface area contributed by atoms with Gasteiger partial charge in [0.2, 0.25) is 0 Å². The third-order valence-corrected chi connectivity index (χ3v) is 5.50. The molecule has 0 bridgehead atoms. The average molecular weight is 370 g/mol. The minimum absolute atomic E-state index is 0.0395. The molecular weight excluding hydrogens is 356 g/mol. The van der Waals surface area contributed by atoms with Crippen molar-refractivity contribution in [3.05, 3.63) is 16.8 Å². The zero-order chi connectivity index (χ0) is 17.4. The molecule has 3 atom stereocenters. The molecule has 0 saturated carbocycles. The lowest BCUT2D eigenvalue weighted by Crippen LogP contribution is -2.70. The van der Waals surface area contributed by atoms with Gasteiger partial charge in [0.15, 0.2) is 6.61 Å². The fourth-order valence-electron chi connectivity index (χ4n) is 2.41. The summed E-state index contributed by atoms with van der Waals surface area (Å²) in [4.78, 5) is 36.6. The zero-order valence-electron chi connectivity index (χ0n) is 12.8. The Morgan fingerprint density at radius 2 is 2.21 bits per heavy atom. The number of ether oxygens (including phenoxy) is 1. The van der Waals surface area contributed by atoms with Crippen LogP contribution in [0.1, 0.15) is 11.9 Å². The molecule has 2 unspecified atom stereocenters. The van der Waals surface area contributed by atoms with Crippen LogP contribution in [0.2, 0.25) is 0 Å². The normalized spacial score (nSPS) is 25.4. The Morgan fingerprint density at radius 3 is 2.83 bits per heavy atom. The standard InChI is InChI=1S/C13H14N4O5S2/c1-5-3-7(12(20)21)17-10(19)9(11(17)23-5)14-8(18)4-22-13-16-15-6(2)24-13/h3,5,9,11H,4H2,1-2H3,(H,14,18)(H,20,21)/t5?,9?,11-/m1/s1. The highest BCUT2D eigenvalue weighted by atomic mass is 32.2. The molecule has 2 aliphatic heterocycles. The minimum atomic E-state index is -1.15. The van der Waals surface area contributed by atoms with E-state index >= 15 is 0 Å². The first kappa shape index (κ1) is 16.7. The van der Waals surface area contributed by atoms with Crippen LogP contribution < -0.4 is 10.1 Å². The van der Waals surface area contributed by atoms with Crippen molar-refractivity contribution >= 4 is 40.9 Å². The topological polar surface area (TPSA) is 122 Å². The quantitative estimate of drug-likeness (QED) is 0.694. The van der Waals surface area contributed by atoms with E-state index in [-0.39, 0.29) is 22.7 Å². The summed E-state index contributed by atoms with van der Waals surface area (Å²) in [7, 11) is 0. The number of amides is 2. The van der Waals surface area contributed by atoms with Crippen molar-refractivity contribution < 1.29 is 24.2 Å². The van der Waals surface area contributed by atoms with Gasteiger partial charge in [-0.15, -0.1) is 22.0 Å². The first-order valence-electron chi connectivity index (χ1n) is 7.02. The molecule has 2 N–H and O–H groups in total. The summed E-state index contributed by atoms with van der Waals surface area (Å²) in [6.45, 7) is 3.32. The molecule has 1 aromatic heterocycles. The van der Waals surface area contributed by atoms with Crippen LogP contribution in [-0.4, -0.2) is 61.3 Å². The molecule has 1 fully saturated rings. The van der Waals surface area contributed by atoms with Gasteiger partial charge in [0.25, 0.3) is 17.0 Å². The lowest BCUT2D eigenvalue weighted by Gasteiger charge is -2.49. The number of aromatic nitrogens is 2. The lowest BCUT2D eigenvalue weighted by molar-refractivity contribution is -0.150. The number of carbonyl (C=O) groups is 3. The summed E-state index contributed by atoms with van der Waals surface area (Å²) >= 11 is 2.63. The Kier molecular flexibility index (Phi) is 4.45. The molecule has 11 heteroatoms. The summed E-state index contributed by atoms with van der Waals surface area (Å²) in [5.74, 6) is -2.06. The maximum absolute atomic E-state index is 12.2. The van der Waals surface area contributed by atoms with Gasteiger partial charge in [-0.05, 0) is 19.9 Å². The van der Waals surface area contributed by atoms with Gasteiger partial charge in [-0.3, -0.25) is 14.5 Å². The minimum Gasteiger partial charge on any atom is -0.477 e. The molecule has 2 amide bonds. The number of rotatable bonds is 5. The third kappa shape index (κ3) is 3.08. The molecule has 2 aliphatic rings. The number of hydrogen-bond donors (Lipinski definition) is 2. The number of nitrogens with one attached hydrogen (secondary N) is 1. The predicted molar refractivity (Wildman–Crippen MR) is 85.5 cm³/mol. The zero-order valence-corrected chi connectivity index (χ0v) is 14.4. The molecule has 1 aromatic rings. The summed E-state index contributed by atoms with van der Waals surface area (Å²) in [6.07, 6.45) is 1.53. The van der Waals surface area contributed by atoms with Crippen molar-refractivity contribution in [2.45, 2.75) is 30.5 Å². The summed E-state index contributed by atoms with van der Waals surface area (Å²) in [5, 5.41) is 19.8. The number of carboxylic acid groups (broad SMARTS) is 1. The number of nitrogens with zero attached hydrogens (tertiary/aromatic N) is 3. The van der Waals surface area contributed by atoms with Crippen LogP contribution in [0.3, 0.4) is 0 Å². The van der Waals surface area contributed by atoms with E-state index in [4.69, 9.17) is 4.74 Å². The van der Waals surface area contributed by atoms with Crippen molar-refractivity contribution in [3.8, 4) is 5.19 Å². The molecule has 0 aromatic carbocycles. The molecule has 1 saturated heterocycles. The van der Waals surface area contributed by atoms with Crippen LogP contribution >= 0.6 is 23.1 Å². The second-order valence-corrected chi connectivity index (χ2v) is 7.86. The van der Waals surface area contributed by atoms with Crippen molar-refractivity contribution in [2.75, 3.05) is 6.61 Å². The number of aryl methyl sites for hydroxylation is 1. The van der Waals surface area contributed by atoms with Crippen molar-refractivity contribution in [2.24, 2.45) is 0 Å². The lowest BCUT2D eigenvalue weighted by atomic mass is 10.0. The highest BCUT2D eigenvalue weighted by Crippen LogP contribution is 2.40. The van der Waals surface area contributed by atoms with Gasteiger partial charge in [-0.25, -0.2) is 4.79 Å². The smallest absolute Gasteiger partial charge is 0.352 e. The van der Waals surface area contributed by atoms with Gasteiger partial charge in [-0.1, -0.05) is 11.3 Å². The van der Waals surface area contributed by atoms with Crippen LogP contribution in [0.4, 0.5) is 0 Å². The molecule has 9 nitrogen and oxygen atoms in total. The molecule has 24 heavy (non-hydrogen) atoms. The van der Waals surface area contributed by atoms with E-state index in [1.807, 2.05) is 6.92 Å². The van der Waals surface area contributed by atoms with Gasteiger partial charge in [0, 0.05) is 5.25 Å². The van der Waals surface area contributed by atoms with Crippen LogP contribution in [-0.2, 0) is 14.4 Å². The second kappa shape index (κ2) is 6.40. The molecular formula is C13H14N4O5S2. The Hall–Kier alpha value is -2.14. The largest absolute Gasteiger partial charge is 0.477 e. The van der Waals surface area contributed by atoms with E-state index in [1.165, 1.54) is 34.1 Å². The number of thioether (sulfide) groups is 1. The summed E-state index contributed by atoms with van der Waals surface area (Å²) in [5.41, 5.74) is -0.0395. The Balaban J connectivity index is 1.59. The number of aliphatic carboxylic acids is 1. The first-order valence-corrected chi connectivity index (χ1v) is 8.78. The van der Waals surface area contributed by atoms with Crippen LogP contribution in [0.15, 0.2) is 11.8 Å². The molecule has 128 valence electrons. The monoisotopic (exact) mass is 370 g/mol. The summed E-state index contributed by atoms with van der Waals surface area (Å²) < 4.78 is 5.21. The molecule has 0 aliphatic carbocycles. The van der Waals surface area contributed by atoms with E-state index < -0.39 is 29.2 Å². The molecule has 3 rings (SSSR count). The number of β-lactam (4-membered cyclic amide) rings is 1. The Labute approximate surface area is 145 Å². The number of carbonyl (C=O) groups excluding carboxylic acids is 2. The van der Waals surface area contributed by atoms with Crippen molar-refractivity contribution in [3.63, 3.8) is 0 Å². The number of fused-ring (bicyclic) bond motifs is 1. The molecule has 0 radical (unpaired) electrons. The highest BCUT2D eigenvalue weighted by Gasteiger charge is 2.53. The van der Waals surface area contributed by atoms with Gasteiger partial charge in [0.05, 0.1) is 0 Å². The van der Waals surface area contributed by atoms with Gasteiger partial charge < -0.3 is 15.2 Å². The van der Waals surface area contributed by atoms with E-state index in [0.717, 1.165) is 5.01 Å². The fourth-order valence-corrected chi connectivity index (χ4v) is 4.27. The van der Waals surface area contributed by atoms with E-state index in [1.54, 1.807) is 6.92 Å². The van der Waals surface area contributed by atoms with E-state index in [0.29, 0.717) is 0 Å². The number of carboxylic acids is 1. The fraction of sp³-hybridized carbons (Fsp3) is 0.462.